The van der Waals surface area contributed by atoms with E-state index in [1.54, 1.807) is 25.4 Å². The number of carbonyl (C=O) groups excluding carboxylic acids is 2. The van der Waals surface area contributed by atoms with E-state index in [0.29, 0.717) is 11.3 Å². The van der Waals surface area contributed by atoms with Crippen LogP contribution in [0.5, 0.6) is 5.75 Å². The van der Waals surface area contributed by atoms with E-state index in [9.17, 15) is 9.59 Å². The van der Waals surface area contributed by atoms with E-state index >= 15 is 0 Å². The summed E-state index contributed by atoms with van der Waals surface area (Å²) in [5, 5.41) is 0.812. The van der Waals surface area contributed by atoms with Crippen molar-refractivity contribution in [3.05, 3.63) is 30.0 Å². The van der Waals surface area contributed by atoms with Gasteiger partial charge in [-0.2, -0.15) is 0 Å². The molecule has 21 heavy (non-hydrogen) atoms. The van der Waals surface area contributed by atoms with E-state index in [2.05, 4.69) is 0 Å². The van der Waals surface area contributed by atoms with Gasteiger partial charge in [0.2, 0.25) is 0 Å². The van der Waals surface area contributed by atoms with Crippen LogP contribution < -0.4 is 4.74 Å². The highest BCUT2D eigenvalue weighted by Crippen LogP contribution is 2.27. The summed E-state index contributed by atoms with van der Waals surface area (Å²) < 4.78 is 12.0. The van der Waals surface area contributed by atoms with Crippen molar-refractivity contribution in [3.8, 4) is 5.75 Å². The second kappa shape index (κ2) is 5.60. The number of rotatable bonds is 3. The SMILES string of the molecule is COc1ccc2c(c1)c(CC=O)cn2C(=O)OC(C)(C)C. The van der Waals surface area contributed by atoms with Crippen molar-refractivity contribution in [1.82, 2.24) is 4.57 Å². The van der Waals surface area contributed by atoms with Crippen molar-refractivity contribution < 1.29 is 19.1 Å². The Labute approximate surface area is 123 Å². The number of fused-ring (bicyclic) bond motifs is 1. The molecule has 0 aliphatic carbocycles. The molecular weight excluding hydrogens is 270 g/mol. The molecule has 2 aromatic rings. The monoisotopic (exact) mass is 289 g/mol. The fraction of sp³-hybridized carbons (Fsp3) is 0.375. The van der Waals surface area contributed by atoms with Crippen molar-refractivity contribution in [2.75, 3.05) is 7.11 Å². The van der Waals surface area contributed by atoms with Gasteiger partial charge in [-0.3, -0.25) is 4.57 Å². The zero-order valence-electron chi connectivity index (χ0n) is 12.7. The standard InChI is InChI=1S/C16H19NO4/c1-16(2,3)21-15(19)17-10-11(7-8-18)13-9-12(20-4)5-6-14(13)17/h5-6,8-10H,7H2,1-4H3. The first-order chi connectivity index (χ1) is 9.85. The molecule has 0 atom stereocenters. The van der Waals surface area contributed by atoms with Crippen LogP contribution in [0.3, 0.4) is 0 Å². The van der Waals surface area contributed by atoms with E-state index in [0.717, 1.165) is 17.2 Å². The normalized spacial score (nSPS) is 11.4. The van der Waals surface area contributed by atoms with Crippen LogP contribution >= 0.6 is 0 Å². The number of carbonyl (C=O) groups is 2. The first kappa shape index (κ1) is 15.1. The molecule has 0 spiro atoms. The first-order valence-electron chi connectivity index (χ1n) is 6.70. The minimum Gasteiger partial charge on any atom is -0.497 e. The van der Waals surface area contributed by atoms with Crippen molar-refractivity contribution in [2.24, 2.45) is 0 Å². The molecular formula is C16H19NO4. The average molecular weight is 289 g/mol. The van der Waals surface area contributed by atoms with Crippen molar-refractivity contribution in [1.29, 1.82) is 0 Å². The summed E-state index contributed by atoms with van der Waals surface area (Å²) in [5.74, 6) is 0.677. The molecule has 0 fully saturated rings. The summed E-state index contributed by atoms with van der Waals surface area (Å²) in [5.41, 5.74) is 0.886. The van der Waals surface area contributed by atoms with Crippen molar-refractivity contribution in [2.45, 2.75) is 32.8 Å². The molecule has 1 heterocycles. The molecule has 0 aliphatic heterocycles. The van der Waals surface area contributed by atoms with Gasteiger partial charge in [0.1, 0.15) is 17.6 Å². The Bertz CT molecular complexity index is 679. The Hall–Kier alpha value is -2.30. The molecule has 0 aliphatic rings. The molecule has 0 bridgehead atoms. The summed E-state index contributed by atoms with van der Waals surface area (Å²) in [6.07, 6.45) is 2.23. The van der Waals surface area contributed by atoms with E-state index in [1.165, 1.54) is 4.57 Å². The number of ether oxygens (including phenoxy) is 2. The summed E-state index contributed by atoms with van der Waals surface area (Å²) in [6, 6.07) is 5.37. The van der Waals surface area contributed by atoms with Crippen LogP contribution in [0.4, 0.5) is 4.79 Å². The lowest BCUT2D eigenvalue weighted by Crippen LogP contribution is -2.26. The molecule has 5 heteroatoms. The van der Waals surface area contributed by atoms with Gasteiger partial charge in [-0.05, 0) is 44.5 Å². The molecule has 5 nitrogen and oxygen atoms in total. The molecule has 2 rings (SSSR count). The lowest BCUT2D eigenvalue weighted by molar-refractivity contribution is -0.107. The third-order valence-electron chi connectivity index (χ3n) is 2.99. The number of methoxy groups -OCH3 is 1. The quantitative estimate of drug-likeness (QED) is 0.814. The Morgan fingerprint density at radius 1 is 1.33 bits per heavy atom. The third kappa shape index (κ3) is 3.24. The van der Waals surface area contributed by atoms with Gasteiger partial charge in [-0.25, -0.2) is 4.79 Å². The molecule has 0 unspecified atom stereocenters. The van der Waals surface area contributed by atoms with Crippen LogP contribution in [0.1, 0.15) is 26.3 Å². The highest BCUT2D eigenvalue weighted by atomic mass is 16.6. The number of nitrogens with zero attached hydrogens (tertiary/aromatic N) is 1. The lowest BCUT2D eigenvalue weighted by atomic mass is 10.1. The maximum absolute atomic E-state index is 12.3. The summed E-state index contributed by atoms with van der Waals surface area (Å²) in [7, 11) is 1.57. The highest BCUT2D eigenvalue weighted by Gasteiger charge is 2.20. The Kier molecular flexibility index (Phi) is 4.02. The molecule has 0 radical (unpaired) electrons. The minimum absolute atomic E-state index is 0.236. The maximum Gasteiger partial charge on any atom is 0.419 e. The molecule has 1 aromatic carbocycles. The Morgan fingerprint density at radius 3 is 2.62 bits per heavy atom. The molecule has 0 saturated carbocycles. The summed E-state index contributed by atoms with van der Waals surface area (Å²) >= 11 is 0. The van der Waals surface area contributed by atoms with Gasteiger partial charge in [-0.1, -0.05) is 0 Å². The van der Waals surface area contributed by atoms with E-state index < -0.39 is 11.7 Å². The van der Waals surface area contributed by atoms with Gasteiger partial charge in [0.05, 0.1) is 12.6 Å². The van der Waals surface area contributed by atoms with Crippen LogP contribution in [-0.4, -0.2) is 29.7 Å². The van der Waals surface area contributed by atoms with Crippen molar-refractivity contribution >= 4 is 23.3 Å². The smallest absolute Gasteiger partial charge is 0.419 e. The number of hydrogen-bond acceptors (Lipinski definition) is 4. The largest absolute Gasteiger partial charge is 0.497 e. The van der Waals surface area contributed by atoms with E-state index in [-0.39, 0.29) is 6.42 Å². The number of aromatic nitrogens is 1. The van der Waals surface area contributed by atoms with Gasteiger partial charge in [0.25, 0.3) is 0 Å². The van der Waals surface area contributed by atoms with Crippen LogP contribution in [-0.2, 0) is 16.0 Å². The van der Waals surface area contributed by atoms with E-state index in [1.807, 2.05) is 26.8 Å². The topological polar surface area (TPSA) is 57.5 Å². The minimum atomic E-state index is -0.578. The van der Waals surface area contributed by atoms with Gasteiger partial charge in [-0.15, -0.1) is 0 Å². The molecule has 0 N–H and O–H groups in total. The summed E-state index contributed by atoms with van der Waals surface area (Å²) in [6.45, 7) is 5.43. The second-order valence-corrected chi connectivity index (χ2v) is 5.76. The zero-order chi connectivity index (χ0) is 15.6. The Morgan fingerprint density at radius 2 is 2.05 bits per heavy atom. The molecule has 112 valence electrons. The first-order valence-corrected chi connectivity index (χ1v) is 6.70. The number of hydrogen-bond donors (Lipinski definition) is 0. The highest BCUT2D eigenvalue weighted by molar-refractivity contribution is 5.93. The lowest BCUT2D eigenvalue weighted by Gasteiger charge is -2.19. The molecule has 0 saturated heterocycles. The van der Waals surface area contributed by atoms with Crippen LogP contribution in [0.25, 0.3) is 10.9 Å². The number of aldehydes is 1. The Balaban J connectivity index is 2.54. The maximum atomic E-state index is 12.3. The van der Waals surface area contributed by atoms with Crippen LogP contribution in [0.15, 0.2) is 24.4 Å². The molecule has 1 aromatic heterocycles. The second-order valence-electron chi connectivity index (χ2n) is 5.76. The predicted octanol–water partition coefficient (Wildman–Crippen LogP) is 3.17. The summed E-state index contributed by atoms with van der Waals surface area (Å²) in [4.78, 5) is 23.1. The van der Waals surface area contributed by atoms with Gasteiger partial charge < -0.3 is 14.3 Å². The van der Waals surface area contributed by atoms with Crippen molar-refractivity contribution in [3.63, 3.8) is 0 Å². The van der Waals surface area contributed by atoms with Crippen LogP contribution in [0, 0.1) is 0 Å². The third-order valence-corrected chi connectivity index (χ3v) is 2.99. The van der Waals surface area contributed by atoms with Gasteiger partial charge in [0.15, 0.2) is 0 Å². The number of benzene rings is 1. The van der Waals surface area contributed by atoms with Gasteiger partial charge >= 0.3 is 6.09 Å². The van der Waals surface area contributed by atoms with E-state index in [4.69, 9.17) is 9.47 Å². The predicted molar refractivity (Wildman–Crippen MR) is 79.9 cm³/mol. The fourth-order valence-electron chi connectivity index (χ4n) is 2.12. The average Bonchev–Trinajstić information content (AvgIpc) is 2.75. The van der Waals surface area contributed by atoms with Crippen LogP contribution in [0.2, 0.25) is 0 Å². The molecule has 0 amide bonds. The zero-order valence-corrected chi connectivity index (χ0v) is 12.7. The van der Waals surface area contributed by atoms with Gasteiger partial charge in [0, 0.05) is 18.0 Å². The fourth-order valence-corrected chi connectivity index (χ4v) is 2.12.